The fraction of sp³-hybridized carbons (Fsp3) is 0.533. The third kappa shape index (κ3) is 3.71. The maximum absolute atomic E-state index is 12.4. The summed E-state index contributed by atoms with van der Waals surface area (Å²) in [6.07, 6.45) is 0.561. The predicted molar refractivity (Wildman–Crippen MR) is 76.4 cm³/mol. The molecule has 0 radical (unpaired) electrons. The molecule has 2 rings (SSSR count). The summed E-state index contributed by atoms with van der Waals surface area (Å²) in [5.41, 5.74) is 6.96. The van der Waals surface area contributed by atoms with Crippen LogP contribution in [0.15, 0.2) is 24.3 Å². The van der Waals surface area contributed by atoms with Crippen LogP contribution in [0.25, 0.3) is 0 Å². The smallest absolute Gasteiger partial charge is 0.240 e. The van der Waals surface area contributed by atoms with Gasteiger partial charge in [0.1, 0.15) is 5.75 Å². The predicted octanol–water partition coefficient (Wildman–Crippen LogP) is 0.898. The highest BCUT2D eigenvalue weighted by Crippen LogP contribution is 2.14. The molecule has 0 unspecified atom stereocenters. The third-order valence-electron chi connectivity index (χ3n) is 3.44. The molecule has 5 heteroatoms. The molecule has 0 aromatic heterocycles. The standard InChI is InChI=1S/C15H22N2O3/c1-10-8-17(9-11(2)20-10)15(19)14(16)7-12-3-5-13(18)6-4-12/h3-6,10-11,14,18H,7-9,16H2,1-2H3/t10-,11+,14-/m0/s1. The first kappa shape index (κ1) is 14.8. The molecule has 0 bridgehead atoms. The molecule has 110 valence electrons. The van der Waals surface area contributed by atoms with Gasteiger partial charge in [-0.15, -0.1) is 0 Å². The number of ether oxygens (including phenoxy) is 1. The molecule has 1 aromatic carbocycles. The minimum absolute atomic E-state index is 0.0416. The van der Waals surface area contributed by atoms with Crippen molar-refractivity contribution in [3.05, 3.63) is 29.8 Å². The zero-order valence-electron chi connectivity index (χ0n) is 12.0. The van der Waals surface area contributed by atoms with Crippen LogP contribution in [0.3, 0.4) is 0 Å². The van der Waals surface area contributed by atoms with E-state index in [0.717, 1.165) is 5.56 Å². The zero-order chi connectivity index (χ0) is 14.7. The van der Waals surface area contributed by atoms with Crippen LogP contribution in [0.4, 0.5) is 0 Å². The first-order valence-electron chi connectivity index (χ1n) is 6.93. The van der Waals surface area contributed by atoms with Crippen LogP contribution < -0.4 is 5.73 Å². The number of phenols is 1. The highest BCUT2D eigenvalue weighted by Gasteiger charge is 2.28. The first-order chi connectivity index (χ1) is 9.45. The summed E-state index contributed by atoms with van der Waals surface area (Å²) in [6.45, 7) is 5.10. The molecule has 1 aromatic rings. The van der Waals surface area contributed by atoms with Crippen LogP contribution in [0.1, 0.15) is 19.4 Å². The lowest BCUT2D eigenvalue weighted by Gasteiger charge is -2.36. The molecule has 1 aliphatic heterocycles. The van der Waals surface area contributed by atoms with Crippen LogP contribution in [-0.4, -0.2) is 47.3 Å². The molecular formula is C15H22N2O3. The average molecular weight is 278 g/mol. The summed E-state index contributed by atoms with van der Waals surface area (Å²) >= 11 is 0. The van der Waals surface area contributed by atoms with Crippen molar-refractivity contribution < 1.29 is 14.6 Å². The van der Waals surface area contributed by atoms with Crippen molar-refractivity contribution in [3.63, 3.8) is 0 Å². The first-order valence-corrected chi connectivity index (χ1v) is 6.93. The number of carbonyl (C=O) groups excluding carboxylic acids is 1. The molecule has 0 spiro atoms. The zero-order valence-corrected chi connectivity index (χ0v) is 12.0. The van der Waals surface area contributed by atoms with E-state index in [2.05, 4.69) is 0 Å². The van der Waals surface area contributed by atoms with Crippen molar-refractivity contribution in [1.82, 2.24) is 4.90 Å². The van der Waals surface area contributed by atoms with Gasteiger partial charge in [0.15, 0.2) is 0 Å². The van der Waals surface area contributed by atoms with Crippen molar-refractivity contribution in [2.24, 2.45) is 5.73 Å². The van der Waals surface area contributed by atoms with E-state index in [-0.39, 0.29) is 23.9 Å². The van der Waals surface area contributed by atoms with E-state index >= 15 is 0 Å². The molecule has 20 heavy (non-hydrogen) atoms. The molecule has 5 nitrogen and oxygen atoms in total. The maximum atomic E-state index is 12.4. The van der Waals surface area contributed by atoms with E-state index < -0.39 is 6.04 Å². The van der Waals surface area contributed by atoms with E-state index in [0.29, 0.717) is 19.5 Å². The lowest BCUT2D eigenvalue weighted by molar-refractivity contribution is -0.144. The molecule has 3 atom stereocenters. The number of hydrogen-bond acceptors (Lipinski definition) is 4. The van der Waals surface area contributed by atoms with Gasteiger partial charge in [-0.3, -0.25) is 4.79 Å². The largest absolute Gasteiger partial charge is 0.508 e. The second-order valence-electron chi connectivity index (χ2n) is 5.48. The number of nitrogens with two attached hydrogens (primary N) is 1. The summed E-state index contributed by atoms with van der Waals surface area (Å²) in [6, 6.07) is 6.22. The van der Waals surface area contributed by atoms with E-state index in [1.807, 2.05) is 13.8 Å². The number of phenolic OH excluding ortho intramolecular Hbond substituents is 1. The van der Waals surface area contributed by atoms with Crippen molar-refractivity contribution in [2.75, 3.05) is 13.1 Å². The Hall–Kier alpha value is -1.59. The molecule has 1 heterocycles. The number of nitrogens with zero attached hydrogens (tertiary/aromatic N) is 1. The van der Waals surface area contributed by atoms with Crippen LogP contribution in [-0.2, 0) is 16.0 Å². The van der Waals surface area contributed by atoms with Gasteiger partial charge in [-0.1, -0.05) is 12.1 Å². The Morgan fingerprint density at radius 2 is 1.90 bits per heavy atom. The van der Waals surface area contributed by atoms with E-state index in [9.17, 15) is 9.90 Å². The Morgan fingerprint density at radius 1 is 1.35 bits per heavy atom. The van der Waals surface area contributed by atoms with Gasteiger partial charge in [0, 0.05) is 13.1 Å². The van der Waals surface area contributed by atoms with Crippen molar-refractivity contribution in [1.29, 1.82) is 0 Å². The summed E-state index contributed by atoms with van der Waals surface area (Å²) in [7, 11) is 0. The number of morpholine rings is 1. The fourth-order valence-electron chi connectivity index (χ4n) is 2.57. The van der Waals surface area contributed by atoms with Gasteiger partial charge in [0.05, 0.1) is 18.2 Å². The van der Waals surface area contributed by atoms with Gasteiger partial charge in [-0.05, 0) is 38.0 Å². The van der Waals surface area contributed by atoms with Gasteiger partial charge in [0.25, 0.3) is 0 Å². The molecule has 1 saturated heterocycles. The van der Waals surface area contributed by atoms with Crippen LogP contribution >= 0.6 is 0 Å². The monoisotopic (exact) mass is 278 g/mol. The Balaban J connectivity index is 1.96. The Bertz CT molecular complexity index is 451. The number of benzene rings is 1. The number of hydrogen-bond donors (Lipinski definition) is 2. The molecule has 0 aliphatic carbocycles. The third-order valence-corrected chi connectivity index (χ3v) is 3.44. The summed E-state index contributed by atoms with van der Waals surface area (Å²) in [5.74, 6) is 0.171. The number of amides is 1. The van der Waals surface area contributed by atoms with Crippen LogP contribution in [0.5, 0.6) is 5.75 Å². The summed E-state index contributed by atoms with van der Waals surface area (Å²) < 4.78 is 5.62. The normalized spacial score (nSPS) is 24.4. The second-order valence-corrected chi connectivity index (χ2v) is 5.48. The number of rotatable bonds is 3. The van der Waals surface area contributed by atoms with E-state index in [1.54, 1.807) is 29.2 Å². The molecule has 1 amide bonds. The second kappa shape index (κ2) is 6.24. The summed E-state index contributed by atoms with van der Waals surface area (Å²) in [4.78, 5) is 14.1. The Labute approximate surface area is 119 Å². The van der Waals surface area contributed by atoms with Crippen molar-refractivity contribution in [3.8, 4) is 5.75 Å². The van der Waals surface area contributed by atoms with Crippen molar-refractivity contribution >= 4 is 5.91 Å². The van der Waals surface area contributed by atoms with E-state index in [1.165, 1.54) is 0 Å². The fourth-order valence-corrected chi connectivity index (χ4v) is 2.57. The SMILES string of the molecule is C[C@@H]1CN(C(=O)[C@@H](N)Cc2ccc(O)cc2)C[C@H](C)O1. The van der Waals surface area contributed by atoms with Crippen molar-refractivity contribution in [2.45, 2.75) is 38.5 Å². The number of carbonyl (C=O) groups is 1. The average Bonchev–Trinajstić information content (AvgIpc) is 2.39. The highest BCUT2D eigenvalue weighted by atomic mass is 16.5. The minimum atomic E-state index is -0.558. The molecular weight excluding hydrogens is 256 g/mol. The van der Waals surface area contributed by atoms with Gasteiger partial charge in [-0.25, -0.2) is 0 Å². The highest BCUT2D eigenvalue weighted by molar-refractivity contribution is 5.82. The lowest BCUT2D eigenvalue weighted by atomic mass is 10.0. The molecule has 0 saturated carbocycles. The molecule has 1 fully saturated rings. The maximum Gasteiger partial charge on any atom is 0.240 e. The van der Waals surface area contributed by atoms with Gasteiger partial charge in [0.2, 0.25) is 5.91 Å². The molecule has 3 N–H and O–H groups in total. The Kier molecular flexibility index (Phi) is 4.62. The van der Waals surface area contributed by atoms with Crippen LogP contribution in [0.2, 0.25) is 0 Å². The molecule has 1 aliphatic rings. The summed E-state index contributed by atoms with van der Waals surface area (Å²) in [5, 5.41) is 9.24. The van der Waals surface area contributed by atoms with Crippen LogP contribution in [0, 0.1) is 0 Å². The minimum Gasteiger partial charge on any atom is -0.508 e. The van der Waals surface area contributed by atoms with E-state index in [4.69, 9.17) is 10.5 Å². The van der Waals surface area contributed by atoms with Gasteiger partial charge < -0.3 is 20.5 Å². The Morgan fingerprint density at radius 3 is 2.45 bits per heavy atom. The van der Waals surface area contributed by atoms with Gasteiger partial charge >= 0.3 is 0 Å². The van der Waals surface area contributed by atoms with Gasteiger partial charge in [-0.2, -0.15) is 0 Å². The topological polar surface area (TPSA) is 75.8 Å². The quantitative estimate of drug-likeness (QED) is 0.861. The number of aromatic hydroxyl groups is 1. The lowest BCUT2D eigenvalue weighted by Crippen LogP contribution is -2.53.